The van der Waals surface area contributed by atoms with Gasteiger partial charge in [0.25, 0.3) is 0 Å². The summed E-state index contributed by atoms with van der Waals surface area (Å²) in [6.45, 7) is 4.84. The number of unbranched alkanes of at least 4 members (excludes halogenated alkanes) is 33. The Morgan fingerprint density at radius 1 is 0.467 bits per heavy atom. The van der Waals surface area contributed by atoms with Crippen molar-refractivity contribution >= 4 is 11.9 Å². The molecule has 6 nitrogen and oxygen atoms in total. The molecule has 3 N–H and O–H groups in total. The van der Waals surface area contributed by atoms with Crippen LogP contribution in [0.5, 0.6) is 0 Å². The van der Waals surface area contributed by atoms with Gasteiger partial charge in [-0.3, -0.25) is 9.59 Å². The summed E-state index contributed by atoms with van der Waals surface area (Å²) in [5.41, 5.74) is 0. The Morgan fingerprint density at radius 3 is 1.30 bits per heavy atom. The van der Waals surface area contributed by atoms with Crippen LogP contribution in [-0.2, 0) is 14.3 Å². The molecule has 0 aliphatic rings. The van der Waals surface area contributed by atoms with Gasteiger partial charge in [-0.05, 0) is 64.2 Å². The zero-order valence-electron chi connectivity index (χ0n) is 39.9. The molecular weight excluding hydrogens is 743 g/mol. The number of aliphatic hydroxyl groups is 2. The van der Waals surface area contributed by atoms with E-state index in [9.17, 15) is 19.8 Å². The van der Waals surface area contributed by atoms with Gasteiger partial charge in [0.2, 0.25) is 5.91 Å². The summed E-state index contributed by atoms with van der Waals surface area (Å²) in [6, 6.07) is -0.631. The van der Waals surface area contributed by atoms with Crippen molar-refractivity contribution in [3.05, 3.63) is 36.5 Å². The predicted molar refractivity (Wildman–Crippen MR) is 259 cm³/mol. The zero-order chi connectivity index (χ0) is 43.7. The van der Waals surface area contributed by atoms with Crippen LogP contribution in [0.2, 0.25) is 0 Å². The Balaban J connectivity index is 3.44. The van der Waals surface area contributed by atoms with E-state index < -0.39 is 12.1 Å². The molecule has 0 radical (unpaired) electrons. The van der Waals surface area contributed by atoms with Crippen LogP contribution in [0.15, 0.2) is 36.5 Å². The Morgan fingerprint density at radius 2 is 0.833 bits per heavy atom. The molecule has 0 saturated carbocycles. The highest BCUT2D eigenvalue weighted by Crippen LogP contribution is 2.16. The summed E-state index contributed by atoms with van der Waals surface area (Å²) in [5.74, 6) is -0.0859. The van der Waals surface area contributed by atoms with E-state index >= 15 is 0 Å². The first-order valence-corrected chi connectivity index (χ1v) is 26.3. The molecule has 2 unspecified atom stereocenters. The van der Waals surface area contributed by atoms with E-state index in [1.165, 1.54) is 193 Å². The zero-order valence-corrected chi connectivity index (χ0v) is 39.9. The minimum Gasteiger partial charge on any atom is -0.466 e. The molecule has 6 heteroatoms. The molecule has 2 atom stereocenters. The van der Waals surface area contributed by atoms with Crippen molar-refractivity contribution in [2.45, 2.75) is 283 Å². The van der Waals surface area contributed by atoms with Gasteiger partial charge in [-0.25, -0.2) is 0 Å². The van der Waals surface area contributed by atoms with Crippen LogP contribution in [-0.4, -0.2) is 47.4 Å². The Kier molecular flexibility index (Phi) is 48.1. The van der Waals surface area contributed by atoms with Gasteiger partial charge < -0.3 is 20.3 Å². The van der Waals surface area contributed by atoms with Crippen LogP contribution in [0, 0.1) is 0 Å². The molecule has 0 rings (SSSR count). The number of carbonyl (C=O) groups is 2. The standard InChI is InChI=1S/C54H101NO5/c1-3-5-7-9-11-13-15-16-20-24-28-32-36-40-44-48-54(59)60-49-45-41-37-33-29-25-22-19-17-18-21-23-27-31-35-39-43-47-53(58)55-51(50-56)52(57)46-42-38-34-30-26-14-12-10-8-6-4-2/h11,13,16,20,42,46,51-52,56-57H,3-10,12,14-15,17-19,21-41,43-45,47-50H2,1-2H3,(H,55,58)/b13-11-,20-16-,46-42+. The molecule has 0 spiro atoms. The predicted octanol–water partition coefficient (Wildman–Crippen LogP) is 15.7. The van der Waals surface area contributed by atoms with Gasteiger partial charge in [-0.15, -0.1) is 0 Å². The second kappa shape index (κ2) is 49.7. The molecule has 352 valence electrons. The minimum atomic E-state index is -0.847. The Hall–Kier alpha value is -1.92. The van der Waals surface area contributed by atoms with Crippen LogP contribution in [0.3, 0.4) is 0 Å². The van der Waals surface area contributed by atoms with Crippen molar-refractivity contribution < 1.29 is 24.5 Å². The highest BCUT2D eigenvalue weighted by molar-refractivity contribution is 5.76. The van der Waals surface area contributed by atoms with Gasteiger partial charge in [0, 0.05) is 12.8 Å². The van der Waals surface area contributed by atoms with E-state index in [0.29, 0.717) is 19.4 Å². The van der Waals surface area contributed by atoms with Crippen molar-refractivity contribution in [3.63, 3.8) is 0 Å². The number of carbonyl (C=O) groups excluding carboxylic acids is 2. The molecule has 0 aromatic carbocycles. The van der Waals surface area contributed by atoms with E-state index in [0.717, 1.165) is 51.4 Å². The average Bonchev–Trinajstić information content (AvgIpc) is 3.25. The topological polar surface area (TPSA) is 95.9 Å². The number of hydrogen-bond acceptors (Lipinski definition) is 5. The number of nitrogens with one attached hydrogen (secondary N) is 1. The first-order valence-electron chi connectivity index (χ1n) is 26.3. The van der Waals surface area contributed by atoms with Gasteiger partial charge >= 0.3 is 5.97 Å². The number of rotatable bonds is 48. The fraction of sp³-hybridized carbons (Fsp3) is 0.852. The lowest BCUT2D eigenvalue weighted by molar-refractivity contribution is -0.143. The summed E-state index contributed by atoms with van der Waals surface area (Å²) < 4.78 is 5.46. The smallest absolute Gasteiger partial charge is 0.305 e. The van der Waals surface area contributed by atoms with Crippen LogP contribution in [0.25, 0.3) is 0 Å². The van der Waals surface area contributed by atoms with Crippen LogP contribution >= 0.6 is 0 Å². The van der Waals surface area contributed by atoms with Gasteiger partial charge in [-0.1, -0.05) is 230 Å². The monoisotopic (exact) mass is 844 g/mol. The Bertz CT molecular complexity index is 977. The summed E-state index contributed by atoms with van der Waals surface area (Å²) in [6.07, 6.45) is 60.0. The maximum Gasteiger partial charge on any atom is 0.305 e. The number of aliphatic hydroxyl groups excluding tert-OH is 2. The lowest BCUT2D eigenvalue weighted by Gasteiger charge is -2.20. The van der Waals surface area contributed by atoms with Crippen molar-refractivity contribution in [1.82, 2.24) is 5.32 Å². The molecule has 0 bridgehead atoms. The molecule has 0 aromatic heterocycles. The summed E-state index contributed by atoms with van der Waals surface area (Å²) in [5, 5.41) is 23.0. The maximum absolute atomic E-state index is 12.4. The van der Waals surface area contributed by atoms with Crippen molar-refractivity contribution in [2.75, 3.05) is 13.2 Å². The third kappa shape index (κ3) is 45.6. The van der Waals surface area contributed by atoms with E-state index in [4.69, 9.17) is 4.74 Å². The maximum atomic E-state index is 12.4. The van der Waals surface area contributed by atoms with Crippen molar-refractivity contribution in [3.8, 4) is 0 Å². The lowest BCUT2D eigenvalue weighted by atomic mass is 10.0. The van der Waals surface area contributed by atoms with E-state index in [2.05, 4.69) is 43.5 Å². The molecule has 0 aromatic rings. The number of esters is 1. The van der Waals surface area contributed by atoms with Crippen LogP contribution < -0.4 is 5.32 Å². The highest BCUT2D eigenvalue weighted by atomic mass is 16.5. The quantitative estimate of drug-likeness (QED) is 0.0322. The summed E-state index contributed by atoms with van der Waals surface area (Å²) >= 11 is 0. The molecule has 1 amide bonds. The summed E-state index contributed by atoms with van der Waals surface area (Å²) in [7, 11) is 0. The van der Waals surface area contributed by atoms with Gasteiger partial charge in [0.1, 0.15) is 0 Å². The second-order valence-electron chi connectivity index (χ2n) is 17.9. The summed E-state index contributed by atoms with van der Waals surface area (Å²) in [4.78, 5) is 24.4. The molecule has 0 aliphatic heterocycles. The van der Waals surface area contributed by atoms with Gasteiger partial charge in [-0.2, -0.15) is 0 Å². The lowest BCUT2D eigenvalue weighted by Crippen LogP contribution is -2.45. The third-order valence-electron chi connectivity index (χ3n) is 11.9. The van der Waals surface area contributed by atoms with E-state index in [1.807, 2.05) is 6.08 Å². The fourth-order valence-electron chi connectivity index (χ4n) is 7.84. The fourth-order valence-corrected chi connectivity index (χ4v) is 7.84. The molecule has 60 heavy (non-hydrogen) atoms. The molecule has 0 heterocycles. The number of allylic oxidation sites excluding steroid dienone is 5. The van der Waals surface area contributed by atoms with Crippen LogP contribution in [0.4, 0.5) is 0 Å². The molecular formula is C54H101NO5. The van der Waals surface area contributed by atoms with Crippen molar-refractivity contribution in [2.24, 2.45) is 0 Å². The second-order valence-corrected chi connectivity index (χ2v) is 17.9. The number of ether oxygens (including phenoxy) is 1. The SMILES string of the molecule is CCCCC/C=C\C/C=C\CCCCCCCC(=O)OCCCCCCCCCCCCCCCCCCCC(=O)NC(CO)C(O)/C=C/CCCCCCCCCCC. The molecule has 0 aliphatic carbocycles. The average molecular weight is 844 g/mol. The largest absolute Gasteiger partial charge is 0.466 e. The minimum absolute atomic E-state index is 0.0103. The van der Waals surface area contributed by atoms with Crippen LogP contribution in [0.1, 0.15) is 271 Å². The van der Waals surface area contributed by atoms with Gasteiger partial charge in [0.05, 0.1) is 25.4 Å². The third-order valence-corrected chi connectivity index (χ3v) is 11.9. The Labute approximate surface area is 373 Å². The first kappa shape index (κ1) is 58.1. The number of amides is 1. The normalized spacial score (nSPS) is 12.9. The van der Waals surface area contributed by atoms with Gasteiger partial charge in [0.15, 0.2) is 0 Å². The number of hydrogen-bond donors (Lipinski definition) is 3. The highest BCUT2D eigenvalue weighted by Gasteiger charge is 2.18. The molecule has 0 fully saturated rings. The first-order chi connectivity index (χ1) is 29.5. The van der Waals surface area contributed by atoms with E-state index in [-0.39, 0.29) is 18.5 Å². The van der Waals surface area contributed by atoms with Crippen molar-refractivity contribution in [1.29, 1.82) is 0 Å². The van der Waals surface area contributed by atoms with E-state index in [1.54, 1.807) is 6.08 Å². The molecule has 0 saturated heterocycles.